The fraction of sp³-hybridized carbons (Fsp3) is 0.711. The standard InChI is InChI=1S/C45H73N7O6S/c1-13-27(5)39(51(10)45(56)38(26(3)4)49-43(55)40-29(7)28(6)34(14-2)50(40)9)36(57-11)25-37(53)52-21-16-19-35(52)41(58-12)30(8)42(54)48-33(44-47-20-22-59-44)24-31-17-15-18-32(46)23-31/h15,17-18,20,22-23,26-30,33-36,38-41H,13-14,16,19,21,24-25,46H2,1-12H3,(H,48,54)(H,49,55)/t27-,28-,29?,30+,33-,34?,35-,36+,38-,39?,40-,41+/m0/s1. The van der Waals surface area contributed by atoms with E-state index in [-0.39, 0.29) is 65.9 Å². The number of anilines is 1. The molecule has 1 aromatic heterocycles. The zero-order valence-electron chi connectivity index (χ0n) is 37.6. The average molecular weight is 840 g/mol. The van der Waals surface area contributed by atoms with Gasteiger partial charge in [0.05, 0.1) is 48.7 Å². The van der Waals surface area contributed by atoms with E-state index in [9.17, 15) is 19.2 Å². The molecule has 2 fully saturated rings. The van der Waals surface area contributed by atoms with Crippen molar-refractivity contribution < 1.29 is 28.7 Å². The van der Waals surface area contributed by atoms with E-state index >= 15 is 0 Å². The van der Waals surface area contributed by atoms with Crippen LogP contribution in [0.5, 0.6) is 0 Å². The summed E-state index contributed by atoms with van der Waals surface area (Å²) < 4.78 is 12.2. The third kappa shape index (κ3) is 11.2. The molecule has 0 bridgehead atoms. The van der Waals surface area contributed by atoms with E-state index in [4.69, 9.17) is 15.2 Å². The van der Waals surface area contributed by atoms with Crippen LogP contribution >= 0.6 is 11.3 Å². The van der Waals surface area contributed by atoms with E-state index in [1.165, 1.54) is 11.3 Å². The number of nitrogens with two attached hydrogens (primary N) is 1. The van der Waals surface area contributed by atoms with Crippen LogP contribution in [0.2, 0.25) is 0 Å². The van der Waals surface area contributed by atoms with Crippen LogP contribution in [0.15, 0.2) is 35.8 Å². The Balaban J connectivity index is 1.49. The minimum Gasteiger partial charge on any atom is -0.399 e. The van der Waals surface area contributed by atoms with Gasteiger partial charge in [-0.3, -0.25) is 24.1 Å². The van der Waals surface area contributed by atoms with Gasteiger partial charge in [0.15, 0.2) is 0 Å². The second kappa shape index (κ2) is 21.8. The Bertz CT molecular complexity index is 1680. The number of hydrogen-bond acceptors (Lipinski definition) is 10. The number of carbonyl (C=O) groups is 4. The van der Waals surface area contributed by atoms with Crippen molar-refractivity contribution in [3.8, 4) is 0 Å². The third-order valence-electron chi connectivity index (χ3n) is 13.5. The van der Waals surface area contributed by atoms with Crippen molar-refractivity contribution in [2.75, 3.05) is 40.6 Å². The maximum atomic E-state index is 14.5. The summed E-state index contributed by atoms with van der Waals surface area (Å²) >= 11 is 1.48. The Morgan fingerprint density at radius 2 is 1.76 bits per heavy atom. The molecule has 1 aromatic carbocycles. The fourth-order valence-electron chi connectivity index (χ4n) is 9.81. The van der Waals surface area contributed by atoms with Gasteiger partial charge in [-0.05, 0) is 74.1 Å². The van der Waals surface area contributed by atoms with Gasteiger partial charge in [0.25, 0.3) is 0 Å². The molecule has 12 atom stereocenters. The number of benzene rings is 1. The number of nitrogens with zero attached hydrogens (tertiary/aromatic N) is 4. The van der Waals surface area contributed by atoms with Crippen LogP contribution in [0.25, 0.3) is 0 Å². The number of hydrogen-bond donors (Lipinski definition) is 3. The monoisotopic (exact) mass is 840 g/mol. The minimum absolute atomic E-state index is 0.0136. The van der Waals surface area contributed by atoms with E-state index in [0.29, 0.717) is 37.0 Å². The number of amides is 4. The molecule has 330 valence electrons. The number of nitrogen functional groups attached to an aromatic ring is 1. The number of carbonyl (C=O) groups excluding carboxylic acids is 4. The summed E-state index contributed by atoms with van der Waals surface area (Å²) in [6, 6.07) is 5.72. The molecule has 3 unspecified atom stereocenters. The molecule has 59 heavy (non-hydrogen) atoms. The summed E-state index contributed by atoms with van der Waals surface area (Å²) in [7, 11) is 6.96. The highest BCUT2D eigenvalue weighted by Gasteiger charge is 2.47. The van der Waals surface area contributed by atoms with E-state index in [0.717, 1.165) is 29.8 Å². The number of likely N-dealkylation sites (N-methyl/N-ethyl adjacent to an activating group) is 2. The second-order valence-electron chi connectivity index (χ2n) is 17.5. The summed E-state index contributed by atoms with van der Waals surface area (Å²) in [6.07, 6.45) is 4.28. The molecule has 2 saturated heterocycles. The number of methoxy groups -OCH3 is 2. The maximum absolute atomic E-state index is 14.5. The normalized spacial score (nSPS) is 24.6. The Hall–Kier alpha value is -3.59. The molecule has 2 aliphatic rings. The molecular weight excluding hydrogens is 767 g/mol. The van der Waals surface area contributed by atoms with E-state index in [1.54, 1.807) is 32.4 Å². The lowest BCUT2D eigenvalue weighted by Gasteiger charge is -2.41. The molecule has 0 radical (unpaired) electrons. The lowest BCUT2D eigenvalue weighted by atomic mass is 9.88. The number of ether oxygens (including phenoxy) is 2. The van der Waals surface area contributed by atoms with E-state index in [2.05, 4.69) is 55.1 Å². The molecule has 4 rings (SSSR count). The van der Waals surface area contributed by atoms with Crippen molar-refractivity contribution in [1.82, 2.24) is 30.3 Å². The van der Waals surface area contributed by atoms with Gasteiger partial charge in [-0.25, -0.2) is 4.98 Å². The summed E-state index contributed by atoms with van der Waals surface area (Å²) in [5.74, 6) is -0.891. The number of nitrogens with one attached hydrogen (secondary N) is 2. The quantitative estimate of drug-likeness (QED) is 0.145. The second-order valence-corrected chi connectivity index (χ2v) is 18.4. The molecule has 0 spiro atoms. The van der Waals surface area contributed by atoms with E-state index < -0.39 is 30.2 Å². The van der Waals surface area contributed by atoms with Crippen LogP contribution in [-0.4, -0.2) is 121 Å². The van der Waals surface area contributed by atoms with Crippen LogP contribution in [0, 0.1) is 29.6 Å². The topological polar surface area (TPSA) is 159 Å². The SMILES string of the molecule is CCC1[C@@H](C)C(C)[C@@H](C(=O)N[C@H](C(=O)N(C)C([C@@H](C)CC)[C@@H](CC(=O)N2CCC[C@H]2[C@H](OC)[C@@H](C)C(=O)N[C@@H](Cc2cccc(N)c2)c2nccs2)OC)C(C)C)N1C. The number of rotatable bonds is 20. The predicted molar refractivity (Wildman–Crippen MR) is 234 cm³/mol. The van der Waals surface area contributed by atoms with Crippen LogP contribution in [0.1, 0.15) is 104 Å². The lowest BCUT2D eigenvalue weighted by Crippen LogP contribution is -2.59. The van der Waals surface area contributed by atoms with Gasteiger partial charge in [0.2, 0.25) is 23.6 Å². The molecule has 4 amide bonds. The Morgan fingerprint density at radius 1 is 1.05 bits per heavy atom. The average Bonchev–Trinajstić information content (AvgIpc) is 3.97. The van der Waals surface area contributed by atoms with Crippen molar-refractivity contribution in [1.29, 1.82) is 0 Å². The highest BCUT2D eigenvalue weighted by atomic mass is 32.1. The zero-order valence-corrected chi connectivity index (χ0v) is 38.5. The Kier molecular flexibility index (Phi) is 17.8. The molecular formula is C45H73N7O6S. The molecule has 0 aliphatic carbocycles. The van der Waals surface area contributed by atoms with Gasteiger partial charge >= 0.3 is 0 Å². The molecule has 0 saturated carbocycles. The van der Waals surface area contributed by atoms with Crippen molar-refractivity contribution >= 4 is 40.7 Å². The molecule has 2 aliphatic heterocycles. The molecule has 4 N–H and O–H groups in total. The summed E-state index contributed by atoms with van der Waals surface area (Å²) in [4.78, 5) is 67.0. The van der Waals surface area contributed by atoms with Gasteiger partial charge in [0, 0.05) is 51.1 Å². The fourth-order valence-corrected chi connectivity index (χ4v) is 10.5. The van der Waals surface area contributed by atoms with E-state index in [1.807, 2.05) is 62.4 Å². The van der Waals surface area contributed by atoms with Crippen LogP contribution in [0.4, 0.5) is 5.69 Å². The van der Waals surface area contributed by atoms with Crippen molar-refractivity contribution in [2.24, 2.45) is 29.6 Å². The minimum atomic E-state index is -0.747. The summed E-state index contributed by atoms with van der Waals surface area (Å²) in [6.45, 7) is 16.9. The number of likely N-dealkylation sites (tertiary alicyclic amines) is 2. The first-order chi connectivity index (χ1) is 28.0. The van der Waals surface area contributed by atoms with Crippen LogP contribution in [0.3, 0.4) is 0 Å². The first-order valence-corrected chi connectivity index (χ1v) is 22.6. The summed E-state index contributed by atoms with van der Waals surface area (Å²) in [5.41, 5.74) is 7.70. The Labute approximate surface area is 357 Å². The maximum Gasteiger partial charge on any atom is 0.245 e. The summed E-state index contributed by atoms with van der Waals surface area (Å²) in [5, 5.41) is 9.06. The first-order valence-electron chi connectivity index (χ1n) is 21.7. The third-order valence-corrected chi connectivity index (χ3v) is 14.4. The highest BCUT2D eigenvalue weighted by Crippen LogP contribution is 2.36. The van der Waals surface area contributed by atoms with Crippen molar-refractivity contribution in [3.63, 3.8) is 0 Å². The van der Waals surface area contributed by atoms with Crippen LogP contribution in [-0.2, 0) is 35.1 Å². The number of thiazole rings is 1. The van der Waals surface area contributed by atoms with Crippen LogP contribution < -0.4 is 16.4 Å². The van der Waals surface area contributed by atoms with Gasteiger partial charge in [-0.2, -0.15) is 0 Å². The molecule has 3 heterocycles. The first kappa shape index (κ1) is 48.1. The Morgan fingerprint density at radius 3 is 2.32 bits per heavy atom. The molecule has 2 aromatic rings. The predicted octanol–water partition coefficient (Wildman–Crippen LogP) is 5.55. The van der Waals surface area contributed by atoms with Gasteiger partial charge in [0.1, 0.15) is 11.0 Å². The number of aromatic nitrogens is 1. The van der Waals surface area contributed by atoms with Gasteiger partial charge in [-0.1, -0.05) is 73.9 Å². The highest BCUT2D eigenvalue weighted by molar-refractivity contribution is 7.09. The van der Waals surface area contributed by atoms with Gasteiger partial charge < -0.3 is 35.6 Å². The largest absolute Gasteiger partial charge is 0.399 e. The zero-order chi connectivity index (χ0) is 43.7. The molecule has 13 nitrogen and oxygen atoms in total. The van der Waals surface area contributed by atoms with Gasteiger partial charge in [-0.15, -0.1) is 11.3 Å². The van der Waals surface area contributed by atoms with Crippen molar-refractivity contribution in [3.05, 3.63) is 46.4 Å². The molecule has 14 heteroatoms. The lowest BCUT2D eigenvalue weighted by molar-refractivity contribution is -0.148. The van der Waals surface area contributed by atoms with Crippen molar-refractivity contribution in [2.45, 2.75) is 142 Å². The smallest absolute Gasteiger partial charge is 0.245 e.